The topological polar surface area (TPSA) is 8.17 Å². The highest BCUT2D eigenvalue weighted by atomic mass is 15.1. The highest BCUT2D eigenvalue weighted by Gasteiger charge is 2.21. The monoisotopic (exact) mass is 864 g/mol. The highest BCUT2D eigenvalue weighted by molar-refractivity contribution is 6.13. The first kappa shape index (κ1) is 39.4. The molecule has 2 heteroatoms. The second-order valence-corrected chi connectivity index (χ2v) is 17.6. The molecule has 0 bridgehead atoms. The van der Waals surface area contributed by atoms with Gasteiger partial charge in [-0.15, -0.1) is 0 Å². The Kier molecular flexibility index (Phi) is 9.54. The van der Waals surface area contributed by atoms with Gasteiger partial charge < -0.3 is 9.47 Å². The molecule has 0 amide bonds. The van der Waals surface area contributed by atoms with Gasteiger partial charge in [0.25, 0.3) is 0 Å². The maximum Gasteiger partial charge on any atom is 0.0546 e. The molecule has 0 aliphatic heterocycles. The van der Waals surface area contributed by atoms with Crippen molar-refractivity contribution in [3.8, 4) is 50.2 Å². The van der Waals surface area contributed by atoms with E-state index in [-0.39, 0.29) is 0 Å². The maximum atomic E-state index is 2.45. The summed E-state index contributed by atoms with van der Waals surface area (Å²) in [5.74, 6) is 0. The molecule has 0 fully saturated rings. The molecule has 13 aromatic rings. The normalized spacial score (nSPS) is 11.5. The van der Waals surface area contributed by atoms with Crippen molar-refractivity contribution in [3.63, 3.8) is 0 Å². The van der Waals surface area contributed by atoms with Crippen LogP contribution >= 0.6 is 0 Å². The lowest BCUT2D eigenvalue weighted by Crippen LogP contribution is -2.11. The molecular weight excluding hydrogens is 821 g/mol. The van der Waals surface area contributed by atoms with Crippen LogP contribution in [0, 0.1) is 0 Å². The van der Waals surface area contributed by atoms with E-state index in [9.17, 15) is 0 Å². The lowest BCUT2D eigenvalue weighted by Gasteiger charge is -2.29. The maximum absolute atomic E-state index is 2.45. The van der Waals surface area contributed by atoms with Gasteiger partial charge in [-0.1, -0.05) is 218 Å². The van der Waals surface area contributed by atoms with E-state index in [2.05, 4.69) is 276 Å². The lowest BCUT2D eigenvalue weighted by molar-refractivity contribution is 1.18. The second-order valence-electron chi connectivity index (χ2n) is 17.6. The van der Waals surface area contributed by atoms with E-state index in [4.69, 9.17) is 0 Å². The summed E-state index contributed by atoms with van der Waals surface area (Å²) in [6.07, 6.45) is 0. The van der Waals surface area contributed by atoms with E-state index in [0.717, 1.165) is 45.0 Å². The standard InChI is InChI=1S/C66H44N2/c1-2-16-46(17-3-1)58-42-37-50(56-27-15-28-59-55-22-7-5-19-47(55)36-43-60(56)59)44-66(58)67(51-38-32-48(33-39-51)54-26-14-20-45-18-4-6-21-53(45)54)52-40-34-49(35-41-52)57-23-8-11-29-63(57)68-64-30-12-9-24-61(64)62-25-10-13-31-65(62)68/h1-44H. The Morgan fingerprint density at radius 3 is 1.43 bits per heavy atom. The van der Waals surface area contributed by atoms with Crippen molar-refractivity contribution in [2.24, 2.45) is 0 Å². The molecule has 13 rings (SSSR count). The molecule has 68 heavy (non-hydrogen) atoms. The van der Waals surface area contributed by atoms with E-state index < -0.39 is 0 Å². The van der Waals surface area contributed by atoms with Crippen molar-refractivity contribution in [3.05, 3.63) is 267 Å². The van der Waals surface area contributed by atoms with Crippen molar-refractivity contribution in [1.82, 2.24) is 4.57 Å². The molecule has 0 radical (unpaired) electrons. The molecule has 0 aliphatic carbocycles. The van der Waals surface area contributed by atoms with Crippen LogP contribution in [-0.2, 0) is 0 Å². The number of hydrogen-bond acceptors (Lipinski definition) is 1. The average molecular weight is 865 g/mol. The molecule has 0 spiro atoms. The van der Waals surface area contributed by atoms with Crippen LogP contribution in [-0.4, -0.2) is 4.57 Å². The summed E-state index contributed by atoms with van der Waals surface area (Å²) in [4.78, 5) is 2.45. The van der Waals surface area contributed by atoms with Crippen LogP contribution in [0.1, 0.15) is 0 Å². The van der Waals surface area contributed by atoms with Crippen LogP contribution in [0.25, 0.3) is 104 Å². The first-order chi connectivity index (χ1) is 33.7. The molecule has 12 aromatic carbocycles. The summed E-state index contributed by atoms with van der Waals surface area (Å²) < 4.78 is 2.42. The predicted molar refractivity (Wildman–Crippen MR) is 290 cm³/mol. The van der Waals surface area contributed by atoms with Crippen LogP contribution in [0.4, 0.5) is 17.1 Å². The number of hydrogen-bond donors (Lipinski definition) is 0. The number of aromatic nitrogens is 1. The van der Waals surface area contributed by atoms with Gasteiger partial charge in [-0.2, -0.15) is 0 Å². The third-order valence-corrected chi connectivity index (χ3v) is 13.8. The summed E-state index contributed by atoms with van der Waals surface area (Å²) in [7, 11) is 0. The fourth-order valence-corrected chi connectivity index (χ4v) is 10.6. The molecule has 0 saturated carbocycles. The van der Waals surface area contributed by atoms with Gasteiger partial charge in [-0.3, -0.25) is 0 Å². The smallest absolute Gasteiger partial charge is 0.0546 e. The fourth-order valence-electron chi connectivity index (χ4n) is 10.6. The molecule has 0 unspecified atom stereocenters. The molecular formula is C66H44N2. The zero-order chi connectivity index (χ0) is 45.0. The number of rotatable bonds is 8. The fraction of sp³-hybridized carbons (Fsp3) is 0. The molecule has 0 saturated heterocycles. The van der Waals surface area contributed by atoms with Crippen molar-refractivity contribution >= 4 is 71.2 Å². The number of benzene rings is 12. The highest BCUT2D eigenvalue weighted by Crippen LogP contribution is 2.46. The van der Waals surface area contributed by atoms with Gasteiger partial charge in [-0.25, -0.2) is 0 Å². The third kappa shape index (κ3) is 6.65. The Morgan fingerprint density at radius 2 is 0.721 bits per heavy atom. The van der Waals surface area contributed by atoms with Crippen molar-refractivity contribution < 1.29 is 0 Å². The van der Waals surface area contributed by atoms with Crippen LogP contribution < -0.4 is 4.90 Å². The van der Waals surface area contributed by atoms with Gasteiger partial charge in [0.1, 0.15) is 0 Å². The number of nitrogens with zero attached hydrogens (tertiary/aromatic N) is 2. The zero-order valence-electron chi connectivity index (χ0n) is 37.3. The molecule has 0 N–H and O–H groups in total. The van der Waals surface area contributed by atoms with Gasteiger partial charge in [0, 0.05) is 33.3 Å². The second kappa shape index (κ2) is 16.5. The minimum atomic E-state index is 1.07. The van der Waals surface area contributed by atoms with Crippen molar-refractivity contribution in [2.45, 2.75) is 0 Å². The Morgan fingerprint density at radius 1 is 0.250 bits per heavy atom. The van der Waals surface area contributed by atoms with Gasteiger partial charge in [0.05, 0.1) is 22.4 Å². The van der Waals surface area contributed by atoms with Crippen LogP contribution in [0.15, 0.2) is 267 Å². The Balaban J connectivity index is 1.00. The third-order valence-electron chi connectivity index (χ3n) is 13.8. The predicted octanol–water partition coefficient (Wildman–Crippen LogP) is 18.4. The van der Waals surface area contributed by atoms with Crippen molar-refractivity contribution in [2.75, 3.05) is 4.90 Å². The summed E-state index contributed by atoms with van der Waals surface area (Å²) in [6, 6.07) is 97.6. The van der Waals surface area contributed by atoms with Crippen LogP contribution in [0.3, 0.4) is 0 Å². The number of fused-ring (bicyclic) bond motifs is 7. The van der Waals surface area contributed by atoms with E-state index >= 15 is 0 Å². The summed E-state index contributed by atoms with van der Waals surface area (Å²) in [6.45, 7) is 0. The van der Waals surface area contributed by atoms with Gasteiger partial charge in [0.15, 0.2) is 0 Å². The summed E-state index contributed by atoms with van der Waals surface area (Å²) in [5, 5.41) is 10.00. The largest absolute Gasteiger partial charge is 0.310 e. The summed E-state index contributed by atoms with van der Waals surface area (Å²) in [5.41, 5.74) is 16.2. The molecule has 0 atom stereocenters. The minimum absolute atomic E-state index is 1.07. The molecule has 1 aromatic heterocycles. The minimum Gasteiger partial charge on any atom is -0.310 e. The van der Waals surface area contributed by atoms with E-state index in [1.54, 1.807) is 0 Å². The van der Waals surface area contributed by atoms with Gasteiger partial charge in [-0.05, 0) is 114 Å². The van der Waals surface area contributed by atoms with Crippen LogP contribution in [0.2, 0.25) is 0 Å². The Labute approximate surface area is 395 Å². The molecule has 2 nitrogen and oxygen atoms in total. The summed E-state index contributed by atoms with van der Waals surface area (Å²) >= 11 is 0. The zero-order valence-corrected chi connectivity index (χ0v) is 37.3. The SMILES string of the molecule is c1ccc(-c2ccc(-c3cccc4c3ccc3ccccc34)cc2N(c2ccc(-c3ccccc3-n3c4ccccc4c4ccccc43)cc2)c2ccc(-c3cccc4ccccc34)cc2)cc1. The lowest BCUT2D eigenvalue weighted by atomic mass is 9.92. The first-order valence-electron chi connectivity index (χ1n) is 23.4. The molecule has 1 heterocycles. The van der Waals surface area contributed by atoms with Crippen molar-refractivity contribution in [1.29, 1.82) is 0 Å². The van der Waals surface area contributed by atoms with Gasteiger partial charge in [0.2, 0.25) is 0 Å². The number of para-hydroxylation sites is 3. The number of anilines is 3. The van der Waals surface area contributed by atoms with E-state index in [1.165, 1.54) is 76.4 Å². The van der Waals surface area contributed by atoms with Crippen LogP contribution in [0.5, 0.6) is 0 Å². The first-order valence-corrected chi connectivity index (χ1v) is 23.4. The Bertz CT molecular complexity index is 3950. The van der Waals surface area contributed by atoms with E-state index in [1.807, 2.05) is 0 Å². The molecule has 0 aliphatic rings. The molecule has 318 valence electrons. The van der Waals surface area contributed by atoms with E-state index in [0.29, 0.717) is 0 Å². The quantitative estimate of drug-likeness (QED) is 0.138. The Hall–Kier alpha value is -8.98. The van der Waals surface area contributed by atoms with Gasteiger partial charge >= 0.3 is 0 Å². The average Bonchev–Trinajstić information content (AvgIpc) is 3.75.